The van der Waals surface area contributed by atoms with Crippen LogP contribution in [0, 0.1) is 24.5 Å². The number of amides is 1. The molecule has 1 saturated heterocycles. The fourth-order valence-corrected chi connectivity index (χ4v) is 3.95. The van der Waals surface area contributed by atoms with E-state index in [2.05, 4.69) is 10.3 Å². The maximum absolute atomic E-state index is 14.0. The second-order valence-corrected chi connectivity index (χ2v) is 8.65. The van der Waals surface area contributed by atoms with Crippen LogP contribution in [0.1, 0.15) is 42.2 Å². The summed E-state index contributed by atoms with van der Waals surface area (Å²) in [6, 6.07) is 3.42. The Morgan fingerprint density at radius 3 is 2.59 bits per heavy atom. The Hall–Kier alpha value is -2.54. The van der Waals surface area contributed by atoms with E-state index in [0.717, 1.165) is 30.9 Å². The zero-order valence-corrected chi connectivity index (χ0v) is 16.8. The number of nitrogens with two attached hydrogens (primary N) is 1. The number of hydrogen-bond donors (Lipinski definition) is 2. The Morgan fingerprint density at radius 1 is 1.31 bits per heavy atom. The van der Waals surface area contributed by atoms with Crippen molar-refractivity contribution in [3.63, 3.8) is 0 Å². The maximum atomic E-state index is 14.0. The fourth-order valence-electron chi connectivity index (χ4n) is 3.95. The van der Waals surface area contributed by atoms with Crippen LogP contribution in [0.2, 0.25) is 0 Å². The predicted octanol–water partition coefficient (Wildman–Crippen LogP) is 3.40. The van der Waals surface area contributed by atoms with Gasteiger partial charge in [-0.15, -0.1) is 0 Å². The monoisotopic (exact) mass is 400 g/mol. The van der Waals surface area contributed by atoms with Crippen LogP contribution in [0.4, 0.5) is 14.5 Å². The van der Waals surface area contributed by atoms with Gasteiger partial charge in [-0.1, -0.05) is 0 Å². The van der Waals surface area contributed by atoms with Gasteiger partial charge < -0.3 is 16.0 Å². The standard InChI is InChI=1S/C22H26F2N4O/c1-13-10-26-19(21(29)27-11-14-3-4-14)20(28-6-5-22(2,25)12-28)18(13)15-7-16(23)9-17(24)8-15/h7-10,14H,3-6,11-12,25H2,1-2H3,(H,27,29)/t22-/m0/s1. The van der Waals surface area contributed by atoms with Gasteiger partial charge in [0, 0.05) is 43.0 Å². The first-order chi connectivity index (χ1) is 13.7. The largest absolute Gasteiger partial charge is 0.367 e. The topological polar surface area (TPSA) is 71.2 Å². The lowest BCUT2D eigenvalue weighted by molar-refractivity contribution is 0.0947. The van der Waals surface area contributed by atoms with Gasteiger partial charge in [-0.05, 0) is 62.3 Å². The molecule has 0 unspecified atom stereocenters. The number of pyridine rings is 1. The number of benzene rings is 1. The number of nitrogens with one attached hydrogen (secondary N) is 1. The van der Waals surface area contributed by atoms with E-state index in [-0.39, 0.29) is 11.6 Å². The quantitative estimate of drug-likeness (QED) is 0.807. The molecule has 0 spiro atoms. The number of carbonyl (C=O) groups excluding carboxylic acids is 1. The molecule has 2 heterocycles. The first-order valence-corrected chi connectivity index (χ1v) is 10.0. The average molecular weight is 400 g/mol. The van der Waals surface area contributed by atoms with Gasteiger partial charge in [0.15, 0.2) is 5.69 Å². The molecule has 1 aromatic heterocycles. The van der Waals surface area contributed by atoms with E-state index >= 15 is 0 Å². The zero-order chi connectivity index (χ0) is 20.8. The van der Waals surface area contributed by atoms with Crippen molar-refractivity contribution in [3.05, 3.63) is 47.3 Å². The molecule has 5 nitrogen and oxygen atoms in total. The summed E-state index contributed by atoms with van der Waals surface area (Å²) in [5.74, 6) is -1.06. The number of aryl methyl sites for hydroxylation is 1. The van der Waals surface area contributed by atoms with E-state index in [1.165, 1.54) is 12.1 Å². The van der Waals surface area contributed by atoms with E-state index in [1.54, 1.807) is 6.20 Å². The Morgan fingerprint density at radius 2 is 2.00 bits per heavy atom. The van der Waals surface area contributed by atoms with E-state index in [1.807, 2.05) is 18.7 Å². The number of halogens is 2. The van der Waals surface area contributed by atoms with Crippen LogP contribution < -0.4 is 16.0 Å². The van der Waals surface area contributed by atoms with Gasteiger partial charge >= 0.3 is 0 Å². The summed E-state index contributed by atoms with van der Waals surface area (Å²) >= 11 is 0. The molecule has 2 fully saturated rings. The van der Waals surface area contributed by atoms with Gasteiger partial charge in [0.05, 0.1) is 5.69 Å². The summed E-state index contributed by atoms with van der Waals surface area (Å²) in [4.78, 5) is 19.4. The number of anilines is 1. The molecule has 154 valence electrons. The van der Waals surface area contributed by atoms with Crippen LogP contribution in [-0.4, -0.2) is 36.1 Å². The molecule has 2 aliphatic rings. The Kier molecular flexibility index (Phi) is 5.02. The minimum absolute atomic E-state index is 0.268. The van der Waals surface area contributed by atoms with Gasteiger partial charge in [0.1, 0.15) is 11.6 Å². The molecule has 3 N–H and O–H groups in total. The molecule has 1 saturated carbocycles. The summed E-state index contributed by atoms with van der Waals surface area (Å²) in [5.41, 5.74) is 8.54. The SMILES string of the molecule is Cc1cnc(C(=O)NCC2CC2)c(N2CC[C@](C)(N)C2)c1-c1cc(F)cc(F)c1. The van der Waals surface area contributed by atoms with Crippen LogP contribution >= 0.6 is 0 Å². The summed E-state index contributed by atoms with van der Waals surface area (Å²) in [6.45, 7) is 5.59. The summed E-state index contributed by atoms with van der Waals surface area (Å²) in [6.07, 6.45) is 4.59. The zero-order valence-electron chi connectivity index (χ0n) is 16.8. The van der Waals surface area contributed by atoms with Gasteiger partial charge in [0.2, 0.25) is 0 Å². The fraction of sp³-hybridized carbons (Fsp3) is 0.455. The lowest BCUT2D eigenvalue weighted by Crippen LogP contribution is -2.40. The number of aromatic nitrogens is 1. The predicted molar refractivity (Wildman–Crippen MR) is 109 cm³/mol. The van der Waals surface area contributed by atoms with Crippen molar-refractivity contribution in [1.82, 2.24) is 10.3 Å². The normalized spacial score (nSPS) is 21.5. The molecule has 2 aromatic rings. The van der Waals surface area contributed by atoms with Crippen molar-refractivity contribution < 1.29 is 13.6 Å². The smallest absolute Gasteiger partial charge is 0.272 e. The molecule has 1 atom stereocenters. The summed E-state index contributed by atoms with van der Waals surface area (Å²) in [5, 5.41) is 2.96. The van der Waals surface area contributed by atoms with E-state index < -0.39 is 17.2 Å². The van der Waals surface area contributed by atoms with E-state index in [9.17, 15) is 13.6 Å². The molecular formula is C22H26F2N4O. The van der Waals surface area contributed by atoms with E-state index in [0.29, 0.717) is 42.4 Å². The van der Waals surface area contributed by atoms with E-state index in [4.69, 9.17) is 5.73 Å². The second-order valence-electron chi connectivity index (χ2n) is 8.65. The molecule has 1 aliphatic heterocycles. The highest BCUT2D eigenvalue weighted by Crippen LogP contribution is 2.39. The Bertz CT molecular complexity index is 936. The Labute approximate surface area is 169 Å². The highest BCUT2D eigenvalue weighted by Gasteiger charge is 2.34. The first kappa shape index (κ1) is 19.8. The lowest BCUT2D eigenvalue weighted by Gasteiger charge is -2.27. The Balaban J connectivity index is 1.84. The summed E-state index contributed by atoms with van der Waals surface area (Å²) in [7, 11) is 0. The molecular weight excluding hydrogens is 374 g/mol. The molecule has 1 aliphatic carbocycles. The maximum Gasteiger partial charge on any atom is 0.272 e. The van der Waals surface area contributed by atoms with Crippen molar-refractivity contribution in [1.29, 1.82) is 0 Å². The third-order valence-corrected chi connectivity index (χ3v) is 5.68. The van der Waals surface area contributed by atoms with Crippen LogP contribution in [0.5, 0.6) is 0 Å². The molecule has 0 radical (unpaired) electrons. The second kappa shape index (κ2) is 7.37. The first-order valence-electron chi connectivity index (χ1n) is 10.0. The van der Waals surface area contributed by atoms with Crippen LogP contribution in [0.15, 0.2) is 24.4 Å². The molecule has 1 amide bonds. The number of hydrogen-bond acceptors (Lipinski definition) is 4. The van der Waals surface area contributed by atoms with Gasteiger partial charge in [-0.2, -0.15) is 0 Å². The van der Waals surface area contributed by atoms with Crippen molar-refractivity contribution in [2.75, 3.05) is 24.5 Å². The van der Waals surface area contributed by atoms with Crippen LogP contribution in [0.3, 0.4) is 0 Å². The van der Waals surface area contributed by atoms with Crippen molar-refractivity contribution in [3.8, 4) is 11.1 Å². The summed E-state index contributed by atoms with van der Waals surface area (Å²) < 4.78 is 28.0. The molecule has 1 aromatic carbocycles. The van der Waals surface area contributed by atoms with Gasteiger partial charge in [-0.3, -0.25) is 4.79 Å². The number of rotatable bonds is 5. The van der Waals surface area contributed by atoms with Crippen molar-refractivity contribution in [2.45, 2.75) is 38.6 Å². The van der Waals surface area contributed by atoms with Crippen molar-refractivity contribution >= 4 is 11.6 Å². The van der Waals surface area contributed by atoms with Crippen molar-refractivity contribution in [2.24, 2.45) is 11.7 Å². The highest BCUT2D eigenvalue weighted by molar-refractivity contribution is 6.02. The molecule has 4 rings (SSSR count). The third kappa shape index (κ3) is 4.24. The minimum atomic E-state index is -0.660. The average Bonchev–Trinajstić information content (AvgIpc) is 3.40. The number of nitrogens with zero attached hydrogens (tertiary/aromatic N) is 2. The number of carbonyl (C=O) groups is 1. The minimum Gasteiger partial charge on any atom is -0.367 e. The lowest BCUT2D eigenvalue weighted by atomic mass is 9.97. The highest BCUT2D eigenvalue weighted by atomic mass is 19.1. The molecule has 7 heteroatoms. The van der Waals surface area contributed by atoms with Gasteiger partial charge in [-0.25, -0.2) is 13.8 Å². The van der Waals surface area contributed by atoms with Gasteiger partial charge in [0.25, 0.3) is 5.91 Å². The molecule has 29 heavy (non-hydrogen) atoms. The van der Waals surface area contributed by atoms with Crippen LogP contribution in [0.25, 0.3) is 11.1 Å². The van der Waals surface area contributed by atoms with Crippen LogP contribution in [-0.2, 0) is 0 Å². The third-order valence-electron chi connectivity index (χ3n) is 5.68. The molecule has 0 bridgehead atoms.